The van der Waals surface area contributed by atoms with E-state index in [4.69, 9.17) is 4.74 Å². The smallest absolute Gasteiger partial charge is 0.263 e. The van der Waals surface area contributed by atoms with E-state index in [0.717, 1.165) is 23.4 Å². The number of aromatic nitrogens is 2. The maximum atomic E-state index is 13.8. The van der Waals surface area contributed by atoms with E-state index < -0.39 is 10.0 Å². The average Bonchev–Trinajstić information content (AvgIpc) is 3.34. The number of piperazine rings is 1. The first-order valence-electron chi connectivity index (χ1n) is 12.7. The molecule has 0 bridgehead atoms. The Bertz CT molecular complexity index is 1300. The van der Waals surface area contributed by atoms with Gasteiger partial charge in [-0.3, -0.25) is 9.48 Å². The normalized spacial score (nSPS) is 14.5. The number of hydrogen-bond acceptors (Lipinski definition) is 6. The van der Waals surface area contributed by atoms with E-state index in [9.17, 15) is 13.2 Å². The van der Waals surface area contributed by atoms with E-state index in [2.05, 4.69) is 10.00 Å². The minimum atomic E-state index is -3.97. The minimum absolute atomic E-state index is 0.107. The van der Waals surface area contributed by atoms with Crippen LogP contribution in [0.4, 0.5) is 5.69 Å². The summed E-state index contributed by atoms with van der Waals surface area (Å²) in [5.74, 6) is 0.419. The first kappa shape index (κ1) is 26.7. The number of hydrogen-bond donors (Lipinski definition) is 0. The second kappa shape index (κ2) is 11.8. The van der Waals surface area contributed by atoms with Crippen molar-refractivity contribution in [2.75, 3.05) is 44.7 Å². The molecule has 37 heavy (non-hydrogen) atoms. The number of nitrogens with zero attached hydrogens (tertiary/aromatic N) is 5. The van der Waals surface area contributed by atoms with Crippen molar-refractivity contribution < 1.29 is 17.9 Å². The van der Waals surface area contributed by atoms with E-state index in [-0.39, 0.29) is 29.6 Å². The lowest BCUT2D eigenvalue weighted by molar-refractivity contribution is 0.0781. The molecule has 1 aromatic heterocycles. The molecule has 0 saturated carbocycles. The van der Waals surface area contributed by atoms with Crippen molar-refractivity contribution in [2.24, 2.45) is 0 Å². The standard InChI is InChI=1S/C27H35N5O4S/c1-4-15-31-21-23(27(33)29(3)20-22-11-7-6-8-12-22)26(28-31)37(34,35)32-18-16-30(17-19-32)24-13-9-10-14-25(24)36-5-2/h6-14,21H,4-5,15-20H2,1-3H3. The Balaban J connectivity index is 1.55. The van der Waals surface area contributed by atoms with Gasteiger partial charge in [0.15, 0.2) is 0 Å². The summed E-state index contributed by atoms with van der Waals surface area (Å²) in [5.41, 5.74) is 2.02. The molecule has 0 radical (unpaired) electrons. The van der Waals surface area contributed by atoms with Crippen LogP contribution in [0.25, 0.3) is 0 Å². The molecule has 1 saturated heterocycles. The zero-order chi connectivity index (χ0) is 26.4. The van der Waals surface area contributed by atoms with Gasteiger partial charge in [-0.15, -0.1) is 0 Å². The lowest BCUT2D eigenvalue weighted by Crippen LogP contribution is -2.49. The molecule has 0 N–H and O–H groups in total. The van der Waals surface area contributed by atoms with Crippen LogP contribution < -0.4 is 9.64 Å². The Hall–Kier alpha value is -3.37. The number of sulfonamides is 1. The SMILES string of the molecule is CCCn1cc(C(=O)N(C)Cc2ccccc2)c(S(=O)(=O)N2CCN(c3ccccc3OCC)CC2)n1. The number of para-hydroxylation sites is 2. The van der Waals surface area contributed by atoms with Crippen LogP contribution in [0.5, 0.6) is 5.75 Å². The summed E-state index contributed by atoms with van der Waals surface area (Å²) >= 11 is 0. The monoisotopic (exact) mass is 525 g/mol. The van der Waals surface area contributed by atoms with Crippen LogP contribution in [0, 0.1) is 0 Å². The van der Waals surface area contributed by atoms with Crippen LogP contribution >= 0.6 is 0 Å². The number of anilines is 1. The van der Waals surface area contributed by atoms with Crippen molar-refractivity contribution in [2.45, 2.75) is 38.4 Å². The lowest BCUT2D eigenvalue weighted by Gasteiger charge is -2.35. The third-order valence-electron chi connectivity index (χ3n) is 6.35. The summed E-state index contributed by atoms with van der Waals surface area (Å²) < 4.78 is 36.3. The molecule has 3 aromatic rings. The fourth-order valence-electron chi connectivity index (χ4n) is 4.51. The molecule has 2 aromatic carbocycles. The molecule has 2 heterocycles. The highest BCUT2D eigenvalue weighted by Gasteiger charge is 2.35. The second-order valence-corrected chi connectivity index (χ2v) is 10.9. The van der Waals surface area contributed by atoms with E-state index in [1.807, 2.05) is 68.4 Å². The summed E-state index contributed by atoms with van der Waals surface area (Å²) in [4.78, 5) is 17.1. The molecule has 198 valence electrons. The van der Waals surface area contributed by atoms with Crippen LogP contribution in [0.2, 0.25) is 0 Å². The van der Waals surface area contributed by atoms with Gasteiger partial charge in [-0.25, -0.2) is 8.42 Å². The molecule has 0 unspecified atom stereocenters. The number of carbonyl (C=O) groups excluding carboxylic acids is 1. The number of carbonyl (C=O) groups is 1. The summed E-state index contributed by atoms with van der Waals surface area (Å²) in [6.07, 6.45) is 2.33. The molecule has 9 nitrogen and oxygen atoms in total. The van der Waals surface area contributed by atoms with Gasteiger partial charge in [0.2, 0.25) is 5.03 Å². The van der Waals surface area contributed by atoms with Crippen LogP contribution in [-0.4, -0.2) is 73.1 Å². The van der Waals surface area contributed by atoms with Crippen LogP contribution in [0.15, 0.2) is 65.8 Å². The molecule has 0 atom stereocenters. The van der Waals surface area contributed by atoms with Crippen molar-refractivity contribution in [1.29, 1.82) is 0 Å². The second-order valence-electron chi connectivity index (χ2n) is 9.05. The summed E-state index contributed by atoms with van der Waals surface area (Å²) in [7, 11) is -2.29. The number of aryl methyl sites for hydroxylation is 1. The lowest BCUT2D eigenvalue weighted by atomic mass is 10.2. The molecule has 1 aliphatic rings. The summed E-state index contributed by atoms with van der Waals surface area (Å²) in [5, 5.41) is 4.21. The largest absolute Gasteiger partial charge is 0.492 e. The molecule has 1 fully saturated rings. The fraction of sp³-hybridized carbons (Fsp3) is 0.407. The van der Waals surface area contributed by atoms with Gasteiger partial charge in [0.1, 0.15) is 5.75 Å². The highest BCUT2D eigenvalue weighted by atomic mass is 32.2. The van der Waals surface area contributed by atoms with Crippen LogP contribution in [0.3, 0.4) is 0 Å². The van der Waals surface area contributed by atoms with Gasteiger partial charge in [0.25, 0.3) is 15.9 Å². The quantitative estimate of drug-likeness (QED) is 0.403. The topological polar surface area (TPSA) is 88.0 Å². The molecule has 1 amide bonds. The van der Waals surface area contributed by atoms with Gasteiger partial charge in [0.05, 0.1) is 17.9 Å². The number of rotatable bonds is 10. The molecule has 0 aliphatic carbocycles. The molecule has 10 heteroatoms. The van der Waals surface area contributed by atoms with Crippen molar-refractivity contribution >= 4 is 21.6 Å². The molecule has 1 aliphatic heterocycles. The number of ether oxygens (including phenoxy) is 1. The predicted molar refractivity (Wildman–Crippen MR) is 143 cm³/mol. The summed E-state index contributed by atoms with van der Waals surface area (Å²) in [6.45, 7) is 6.98. The molecule has 4 rings (SSSR count). The number of benzene rings is 2. The van der Waals surface area contributed by atoms with Gasteiger partial charge >= 0.3 is 0 Å². The first-order valence-corrected chi connectivity index (χ1v) is 14.1. The van der Waals surface area contributed by atoms with Crippen LogP contribution in [0.1, 0.15) is 36.2 Å². The highest BCUT2D eigenvalue weighted by molar-refractivity contribution is 7.89. The third-order valence-corrected chi connectivity index (χ3v) is 8.18. The Kier molecular flexibility index (Phi) is 8.50. The minimum Gasteiger partial charge on any atom is -0.492 e. The van der Waals surface area contributed by atoms with Crippen molar-refractivity contribution in [1.82, 2.24) is 19.0 Å². The Labute approximate surface area is 219 Å². The van der Waals surface area contributed by atoms with Crippen molar-refractivity contribution in [3.63, 3.8) is 0 Å². The van der Waals surface area contributed by atoms with Crippen LogP contribution in [-0.2, 0) is 23.1 Å². The number of amides is 1. The van der Waals surface area contributed by atoms with Gasteiger partial charge < -0.3 is 14.5 Å². The van der Waals surface area contributed by atoms with Gasteiger partial charge in [0, 0.05) is 52.5 Å². The first-order chi connectivity index (χ1) is 17.8. The van der Waals surface area contributed by atoms with Gasteiger partial charge in [-0.1, -0.05) is 49.4 Å². The van der Waals surface area contributed by atoms with Gasteiger partial charge in [-0.2, -0.15) is 9.40 Å². The third kappa shape index (κ3) is 5.97. The van der Waals surface area contributed by atoms with Crippen molar-refractivity contribution in [3.05, 3.63) is 71.9 Å². The highest BCUT2D eigenvalue weighted by Crippen LogP contribution is 2.30. The Morgan fingerprint density at radius 2 is 1.68 bits per heavy atom. The molecular formula is C27H35N5O4S. The maximum Gasteiger partial charge on any atom is 0.263 e. The van der Waals surface area contributed by atoms with E-state index in [1.165, 1.54) is 9.21 Å². The van der Waals surface area contributed by atoms with E-state index in [0.29, 0.717) is 32.8 Å². The molecular weight excluding hydrogens is 490 g/mol. The fourth-order valence-corrected chi connectivity index (χ4v) is 6.02. The predicted octanol–water partition coefficient (Wildman–Crippen LogP) is 3.47. The average molecular weight is 526 g/mol. The maximum absolute atomic E-state index is 13.8. The van der Waals surface area contributed by atoms with E-state index in [1.54, 1.807) is 17.9 Å². The molecule has 0 spiro atoms. The Morgan fingerprint density at radius 3 is 2.35 bits per heavy atom. The van der Waals surface area contributed by atoms with Crippen molar-refractivity contribution in [3.8, 4) is 5.75 Å². The van der Waals surface area contributed by atoms with Gasteiger partial charge in [-0.05, 0) is 31.0 Å². The zero-order valence-electron chi connectivity index (χ0n) is 21.7. The summed E-state index contributed by atoms with van der Waals surface area (Å²) in [6, 6.07) is 17.4. The zero-order valence-corrected chi connectivity index (χ0v) is 22.5. The Morgan fingerprint density at radius 1 is 1.00 bits per heavy atom. The van der Waals surface area contributed by atoms with E-state index >= 15 is 0 Å².